The second-order valence-electron chi connectivity index (χ2n) is 6.10. The van der Waals surface area contributed by atoms with Crippen molar-refractivity contribution in [2.75, 3.05) is 13.2 Å². The summed E-state index contributed by atoms with van der Waals surface area (Å²) in [7, 11) is 0. The van der Waals surface area contributed by atoms with Crippen molar-refractivity contribution >= 4 is 18.2 Å². The average Bonchev–Trinajstić information content (AvgIpc) is 2.77. The molecule has 0 unspecified atom stereocenters. The van der Waals surface area contributed by atoms with Crippen LogP contribution in [0.5, 0.6) is 0 Å². The minimum atomic E-state index is -0.326. The summed E-state index contributed by atoms with van der Waals surface area (Å²) < 4.78 is 16.3. The average molecular weight is 287 g/mol. The Balaban J connectivity index is 2.29. The SMILES string of the molecule is CCCCCC1(CC/C=N\SC(C)(C)C)OCCO1. The van der Waals surface area contributed by atoms with Gasteiger partial charge in [-0.25, -0.2) is 4.40 Å². The minimum Gasteiger partial charge on any atom is -0.348 e. The zero-order chi connectivity index (χ0) is 14.2. The third kappa shape index (κ3) is 7.33. The van der Waals surface area contributed by atoms with E-state index in [1.54, 1.807) is 11.9 Å². The van der Waals surface area contributed by atoms with Gasteiger partial charge in [0.05, 0.1) is 13.2 Å². The van der Waals surface area contributed by atoms with Crippen LogP contribution in [0.1, 0.15) is 66.2 Å². The molecule has 112 valence electrons. The summed E-state index contributed by atoms with van der Waals surface area (Å²) in [5.41, 5.74) is 0. The molecule has 1 rings (SSSR count). The lowest BCUT2D eigenvalue weighted by molar-refractivity contribution is -0.166. The highest BCUT2D eigenvalue weighted by molar-refractivity contribution is 7.99. The zero-order valence-electron chi connectivity index (χ0n) is 12.9. The van der Waals surface area contributed by atoms with E-state index < -0.39 is 0 Å². The van der Waals surface area contributed by atoms with Crippen LogP contribution in [-0.2, 0) is 9.47 Å². The summed E-state index contributed by atoms with van der Waals surface area (Å²) in [6.07, 6.45) is 8.54. The Kier molecular flexibility index (Phi) is 7.40. The topological polar surface area (TPSA) is 30.8 Å². The summed E-state index contributed by atoms with van der Waals surface area (Å²) in [5, 5.41) is 0. The van der Waals surface area contributed by atoms with E-state index in [1.807, 2.05) is 6.21 Å². The Labute approximate surface area is 122 Å². The van der Waals surface area contributed by atoms with Gasteiger partial charge in [-0.1, -0.05) is 19.8 Å². The lowest BCUT2D eigenvalue weighted by Gasteiger charge is -2.26. The van der Waals surface area contributed by atoms with Crippen LogP contribution in [-0.4, -0.2) is 30.0 Å². The van der Waals surface area contributed by atoms with Gasteiger partial charge in [-0.2, -0.15) is 0 Å². The van der Waals surface area contributed by atoms with Gasteiger partial charge in [0.25, 0.3) is 0 Å². The van der Waals surface area contributed by atoms with Crippen molar-refractivity contribution in [3.05, 3.63) is 0 Å². The number of nitrogens with zero attached hydrogens (tertiary/aromatic N) is 1. The number of hydrogen-bond acceptors (Lipinski definition) is 4. The van der Waals surface area contributed by atoms with Crippen molar-refractivity contribution in [3.63, 3.8) is 0 Å². The molecule has 19 heavy (non-hydrogen) atoms. The molecular formula is C15H29NO2S. The quantitative estimate of drug-likeness (QED) is 0.371. The molecule has 1 aliphatic rings. The lowest BCUT2D eigenvalue weighted by Crippen LogP contribution is -2.30. The third-order valence-electron chi connectivity index (χ3n) is 3.03. The lowest BCUT2D eigenvalue weighted by atomic mass is 10.0. The Morgan fingerprint density at radius 3 is 2.42 bits per heavy atom. The van der Waals surface area contributed by atoms with Gasteiger partial charge in [-0.05, 0) is 45.6 Å². The molecule has 0 radical (unpaired) electrons. The molecule has 1 aliphatic heterocycles. The van der Waals surface area contributed by atoms with Gasteiger partial charge < -0.3 is 9.47 Å². The van der Waals surface area contributed by atoms with Crippen molar-refractivity contribution in [3.8, 4) is 0 Å². The summed E-state index contributed by atoms with van der Waals surface area (Å²) >= 11 is 1.62. The molecular weight excluding hydrogens is 258 g/mol. The summed E-state index contributed by atoms with van der Waals surface area (Å²) in [6, 6.07) is 0. The smallest absolute Gasteiger partial charge is 0.168 e. The highest BCUT2D eigenvalue weighted by atomic mass is 32.2. The maximum Gasteiger partial charge on any atom is 0.168 e. The van der Waals surface area contributed by atoms with Gasteiger partial charge in [0.15, 0.2) is 5.79 Å². The first-order valence-electron chi connectivity index (χ1n) is 7.45. The Morgan fingerprint density at radius 1 is 1.16 bits per heavy atom. The molecule has 3 nitrogen and oxygen atoms in total. The van der Waals surface area contributed by atoms with Crippen LogP contribution in [0.2, 0.25) is 0 Å². The van der Waals surface area contributed by atoms with Crippen molar-refractivity contribution in [1.82, 2.24) is 0 Å². The van der Waals surface area contributed by atoms with Crippen molar-refractivity contribution in [2.24, 2.45) is 4.40 Å². The predicted molar refractivity (Wildman–Crippen MR) is 83.8 cm³/mol. The van der Waals surface area contributed by atoms with Crippen LogP contribution < -0.4 is 0 Å². The number of rotatable bonds is 8. The van der Waals surface area contributed by atoms with Crippen molar-refractivity contribution < 1.29 is 9.47 Å². The van der Waals surface area contributed by atoms with Crippen molar-refractivity contribution in [2.45, 2.75) is 76.8 Å². The Bertz CT molecular complexity index is 268. The third-order valence-corrected chi connectivity index (χ3v) is 3.83. The highest BCUT2D eigenvalue weighted by Gasteiger charge is 2.34. The first-order valence-corrected chi connectivity index (χ1v) is 8.23. The second kappa shape index (κ2) is 8.28. The van der Waals surface area contributed by atoms with E-state index in [0.717, 1.165) is 32.5 Å². The molecule has 0 saturated carbocycles. The zero-order valence-corrected chi connectivity index (χ0v) is 13.7. The molecule has 4 heteroatoms. The fourth-order valence-corrected chi connectivity index (χ4v) is 2.58. The Morgan fingerprint density at radius 2 is 1.84 bits per heavy atom. The molecule has 0 aromatic heterocycles. The van der Waals surface area contributed by atoms with E-state index in [0.29, 0.717) is 0 Å². The summed E-state index contributed by atoms with van der Waals surface area (Å²) in [4.78, 5) is 0. The van der Waals surface area contributed by atoms with Gasteiger partial charge in [0.2, 0.25) is 0 Å². The molecule has 0 aliphatic carbocycles. The van der Waals surface area contributed by atoms with Gasteiger partial charge >= 0.3 is 0 Å². The molecule has 0 aromatic carbocycles. The van der Waals surface area contributed by atoms with E-state index in [1.165, 1.54) is 19.3 Å². The van der Waals surface area contributed by atoms with Crippen LogP contribution in [0, 0.1) is 0 Å². The van der Waals surface area contributed by atoms with Crippen LogP contribution in [0.4, 0.5) is 0 Å². The molecule has 0 bridgehead atoms. The van der Waals surface area contributed by atoms with Crippen molar-refractivity contribution in [1.29, 1.82) is 0 Å². The standard InChI is InChI=1S/C15H29NO2S/c1-5-6-7-9-15(17-12-13-18-15)10-8-11-16-19-14(2,3)4/h11H,5-10,12-13H2,1-4H3/b16-11-. The van der Waals surface area contributed by atoms with Gasteiger partial charge in [-0.15, -0.1) is 0 Å². The number of ether oxygens (including phenoxy) is 2. The van der Waals surface area contributed by atoms with Gasteiger partial charge in [0, 0.05) is 23.8 Å². The fraction of sp³-hybridized carbons (Fsp3) is 0.933. The van der Waals surface area contributed by atoms with E-state index >= 15 is 0 Å². The summed E-state index contributed by atoms with van der Waals surface area (Å²) in [5.74, 6) is -0.326. The molecule has 0 spiro atoms. The van der Waals surface area contributed by atoms with E-state index in [9.17, 15) is 0 Å². The normalized spacial score (nSPS) is 19.4. The van der Waals surface area contributed by atoms with Crippen LogP contribution >= 0.6 is 11.9 Å². The van der Waals surface area contributed by atoms with Gasteiger partial charge in [-0.3, -0.25) is 0 Å². The first kappa shape index (κ1) is 17.0. The molecule has 0 atom stereocenters. The molecule has 1 saturated heterocycles. The highest BCUT2D eigenvalue weighted by Crippen LogP contribution is 2.31. The first-order chi connectivity index (χ1) is 8.97. The van der Waals surface area contributed by atoms with E-state index in [4.69, 9.17) is 9.47 Å². The second-order valence-corrected chi connectivity index (χ2v) is 7.71. The predicted octanol–water partition coefficient (Wildman–Crippen LogP) is 4.61. The van der Waals surface area contributed by atoms with E-state index in [2.05, 4.69) is 32.1 Å². The molecule has 0 amide bonds. The largest absolute Gasteiger partial charge is 0.348 e. The maximum absolute atomic E-state index is 5.84. The van der Waals surface area contributed by atoms with E-state index in [-0.39, 0.29) is 10.5 Å². The molecule has 1 heterocycles. The van der Waals surface area contributed by atoms with Crippen LogP contribution in [0.25, 0.3) is 0 Å². The molecule has 0 N–H and O–H groups in total. The Hall–Kier alpha value is -0.0600. The molecule has 1 fully saturated rings. The molecule has 0 aromatic rings. The van der Waals surface area contributed by atoms with Gasteiger partial charge in [0.1, 0.15) is 0 Å². The summed E-state index contributed by atoms with van der Waals surface area (Å²) in [6.45, 7) is 10.2. The number of unbranched alkanes of at least 4 members (excludes halogenated alkanes) is 2. The fourth-order valence-electron chi connectivity index (χ4n) is 2.09. The monoisotopic (exact) mass is 287 g/mol. The maximum atomic E-state index is 5.84. The van der Waals surface area contributed by atoms with Crippen LogP contribution in [0.3, 0.4) is 0 Å². The number of hydrogen-bond donors (Lipinski definition) is 0. The van der Waals surface area contributed by atoms with Crippen LogP contribution in [0.15, 0.2) is 4.40 Å². The minimum absolute atomic E-state index is 0.190.